The van der Waals surface area contributed by atoms with Gasteiger partial charge in [-0.25, -0.2) is 9.78 Å². The number of nitrogens with zero attached hydrogens (tertiary/aromatic N) is 3. The summed E-state index contributed by atoms with van der Waals surface area (Å²) in [5, 5.41) is 9.05. The van der Waals surface area contributed by atoms with E-state index in [0.29, 0.717) is 36.5 Å². The van der Waals surface area contributed by atoms with Crippen LogP contribution in [0.3, 0.4) is 0 Å². The van der Waals surface area contributed by atoms with E-state index < -0.39 is 35.1 Å². The lowest BCUT2D eigenvalue weighted by atomic mass is 10.0. The molecule has 3 atom stereocenters. The van der Waals surface area contributed by atoms with Crippen molar-refractivity contribution in [3.05, 3.63) is 92.9 Å². The molecule has 3 unspecified atom stereocenters. The quantitative estimate of drug-likeness (QED) is 0.190. The number of nitrogens with one attached hydrogen (secondary N) is 4. The second-order valence-electron chi connectivity index (χ2n) is 13.2. The molecular weight excluding hydrogens is 650 g/mol. The molecular formula is C35H38ClN7O6. The summed E-state index contributed by atoms with van der Waals surface area (Å²) in [5.74, 6) is -0.647. The van der Waals surface area contributed by atoms with Crippen LogP contribution in [0, 0.1) is 0 Å². The molecule has 256 valence electrons. The van der Waals surface area contributed by atoms with Gasteiger partial charge in [-0.1, -0.05) is 41.9 Å². The van der Waals surface area contributed by atoms with E-state index in [9.17, 15) is 19.2 Å². The SMILES string of the molecule is CC(C)(C)OC(=O)NCCC(NC(=O)c1ccc(Cl)c(NC(=O)c2cc3cnc(N4CC5CCC(C4)O5)nc3[nH]c2=O)c1)c1ccccc1. The fraction of sp³-hybridized carbons (Fsp3) is 0.371. The summed E-state index contributed by atoms with van der Waals surface area (Å²) in [7, 11) is 0. The molecule has 2 aromatic heterocycles. The first kappa shape index (κ1) is 33.9. The number of aromatic amines is 1. The maximum Gasteiger partial charge on any atom is 0.407 e. The van der Waals surface area contributed by atoms with E-state index in [1.165, 1.54) is 24.3 Å². The molecule has 0 saturated carbocycles. The zero-order valence-electron chi connectivity index (χ0n) is 27.4. The van der Waals surface area contributed by atoms with Crippen molar-refractivity contribution in [2.45, 2.75) is 63.9 Å². The van der Waals surface area contributed by atoms with Crippen molar-refractivity contribution >= 4 is 52.2 Å². The lowest BCUT2D eigenvalue weighted by molar-refractivity contribution is 0.0299. The molecule has 0 spiro atoms. The second kappa shape index (κ2) is 14.2. The minimum Gasteiger partial charge on any atom is -0.444 e. The van der Waals surface area contributed by atoms with Crippen molar-refractivity contribution in [1.29, 1.82) is 0 Å². The molecule has 4 N–H and O–H groups in total. The number of morpholine rings is 1. The number of benzene rings is 2. The Morgan fingerprint density at radius 1 is 1.06 bits per heavy atom. The van der Waals surface area contributed by atoms with Crippen LogP contribution in [-0.2, 0) is 9.47 Å². The number of aromatic nitrogens is 3. The summed E-state index contributed by atoms with van der Waals surface area (Å²) in [6, 6.07) is 14.8. The Morgan fingerprint density at radius 2 is 1.80 bits per heavy atom. The number of carbonyl (C=O) groups excluding carboxylic acids is 3. The Hall–Kier alpha value is -5.01. The molecule has 2 fully saturated rings. The monoisotopic (exact) mass is 687 g/mol. The normalized spacial score (nSPS) is 17.8. The van der Waals surface area contributed by atoms with Crippen LogP contribution in [0.2, 0.25) is 5.02 Å². The van der Waals surface area contributed by atoms with Gasteiger partial charge in [0.2, 0.25) is 5.95 Å². The van der Waals surface area contributed by atoms with Gasteiger partial charge < -0.3 is 35.3 Å². The maximum atomic E-state index is 13.5. The Bertz CT molecular complexity index is 1920. The van der Waals surface area contributed by atoms with E-state index in [1.807, 2.05) is 30.3 Å². The van der Waals surface area contributed by atoms with Crippen molar-refractivity contribution in [3.63, 3.8) is 0 Å². The van der Waals surface area contributed by atoms with Gasteiger partial charge in [-0.2, -0.15) is 4.98 Å². The number of carbonyl (C=O) groups is 3. The number of anilines is 2. The highest BCUT2D eigenvalue weighted by Gasteiger charge is 2.35. The van der Waals surface area contributed by atoms with Gasteiger partial charge >= 0.3 is 6.09 Å². The highest BCUT2D eigenvalue weighted by atomic mass is 35.5. The number of alkyl carbamates (subject to hydrolysis) is 1. The van der Waals surface area contributed by atoms with Gasteiger partial charge in [0.15, 0.2) is 0 Å². The van der Waals surface area contributed by atoms with E-state index in [4.69, 9.17) is 21.1 Å². The van der Waals surface area contributed by atoms with Crippen LogP contribution >= 0.6 is 11.6 Å². The minimum absolute atomic E-state index is 0.148. The van der Waals surface area contributed by atoms with Gasteiger partial charge in [-0.05, 0) is 69.9 Å². The molecule has 6 rings (SSSR count). The third-order valence-electron chi connectivity index (χ3n) is 8.24. The van der Waals surface area contributed by atoms with E-state index >= 15 is 0 Å². The molecule has 49 heavy (non-hydrogen) atoms. The molecule has 0 aliphatic carbocycles. The van der Waals surface area contributed by atoms with Crippen molar-refractivity contribution in [1.82, 2.24) is 25.6 Å². The predicted octanol–water partition coefficient (Wildman–Crippen LogP) is 4.98. The standard InChI is InChI=1S/C35H38ClN7O6/c1-35(2,3)49-34(47)37-14-13-27(20-7-5-4-6-8-20)39-30(44)21-9-12-26(36)28(16-21)40-31(45)25-15-22-17-38-33(42-29(22)41-32(25)46)43-18-23-10-11-24(19-43)48-23/h4-9,12,15-17,23-24,27H,10-11,13-14,18-19H2,1-3H3,(H,37,47)(H,39,44)(H,40,45)(H,38,41,42,46). The number of hydrogen-bond acceptors (Lipinski definition) is 9. The van der Waals surface area contributed by atoms with E-state index in [-0.39, 0.29) is 40.6 Å². The van der Waals surface area contributed by atoms with Gasteiger partial charge in [-0.15, -0.1) is 0 Å². The number of ether oxygens (including phenoxy) is 2. The topological polar surface area (TPSA) is 168 Å². The first-order valence-corrected chi connectivity index (χ1v) is 16.5. The molecule has 2 aliphatic heterocycles. The number of H-pyrrole nitrogens is 1. The van der Waals surface area contributed by atoms with Crippen LogP contribution in [-0.4, -0.2) is 70.3 Å². The second-order valence-corrected chi connectivity index (χ2v) is 13.6. The van der Waals surface area contributed by atoms with Crippen LogP contribution in [0.5, 0.6) is 0 Å². The third-order valence-corrected chi connectivity index (χ3v) is 8.57. The Labute approximate surface area is 287 Å². The maximum absolute atomic E-state index is 13.5. The van der Waals surface area contributed by atoms with Gasteiger partial charge in [-0.3, -0.25) is 14.4 Å². The van der Waals surface area contributed by atoms with Crippen LogP contribution in [0.4, 0.5) is 16.4 Å². The number of pyridine rings is 1. The molecule has 2 aliphatic rings. The lowest BCUT2D eigenvalue weighted by Gasteiger charge is -2.32. The zero-order valence-corrected chi connectivity index (χ0v) is 28.2. The van der Waals surface area contributed by atoms with Crippen LogP contribution in [0.15, 0.2) is 65.6 Å². The highest BCUT2D eigenvalue weighted by molar-refractivity contribution is 6.34. The first-order valence-electron chi connectivity index (χ1n) is 16.2. The molecule has 14 heteroatoms. The van der Waals surface area contributed by atoms with Crippen molar-refractivity contribution in [2.75, 3.05) is 29.9 Å². The van der Waals surface area contributed by atoms with Gasteiger partial charge in [0.05, 0.1) is 29.0 Å². The summed E-state index contributed by atoms with van der Waals surface area (Å²) < 4.78 is 11.2. The summed E-state index contributed by atoms with van der Waals surface area (Å²) in [6.07, 6.45) is 3.72. The van der Waals surface area contributed by atoms with Crippen molar-refractivity contribution in [3.8, 4) is 0 Å². The summed E-state index contributed by atoms with van der Waals surface area (Å²) in [6.45, 7) is 6.95. The third kappa shape index (κ3) is 8.35. The highest BCUT2D eigenvalue weighted by Crippen LogP contribution is 2.29. The van der Waals surface area contributed by atoms with E-state index in [0.717, 1.165) is 18.4 Å². The van der Waals surface area contributed by atoms with E-state index in [2.05, 4.69) is 35.8 Å². The molecule has 2 aromatic carbocycles. The van der Waals surface area contributed by atoms with Crippen LogP contribution in [0.25, 0.3) is 11.0 Å². The average molecular weight is 688 g/mol. The molecule has 2 bridgehead atoms. The number of hydrogen-bond donors (Lipinski definition) is 4. The van der Waals surface area contributed by atoms with Gasteiger partial charge in [0, 0.05) is 36.8 Å². The smallest absolute Gasteiger partial charge is 0.407 e. The molecule has 0 radical (unpaired) electrons. The minimum atomic E-state index is -0.716. The fourth-order valence-corrected chi connectivity index (χ4v) is 6.08. The Kier molecular flexibility index (Phi) is 9.84. The van der Waals surface area contributed by atoms with Crippen LogP contribution < -0.4 is 26.4 Å². The lowest BCUT2D eigenvalue weighted by Crippen LogP contribution is -2.43. The van der Waals surface area contributed by atoms with Gasteiger partial charge in [0.25, 0.3) is 17.4 Å². The molecule has 4 heterocycles. The van der Waals surface area contributed by atoms with Gasteiger partial charge in [0.1, 0.15) is 16.8 Å². The molecule has 13 nitrogen and oxygen atoms in total. The van der Waals surface area contributed by atoms with Crippen LogP contribution in [0.1, 0.15) is 72.4 Å². The van der Waals surface area contributed by atoms with Crippen molar-refractivity contribution in [2.24, 2.45) is 0 Å². The Morgan fingerprint density at radius 3 is 2.51 bits per heavy atom. The number of amides is 3. The Balaban J connectivity index is 1.14. The largest absolute Gasteiger partial charge is 0.444 e. The predicted molar refractivity (Wildman–Crippen MR) is 185 cm³/mol. The number of halogens is 1. The summed E-state index contributed by atoms with van der Waals surface area (Å²) in [4.78, 5) is 65.8. The van der Waals surface area contributed by atoms with Crippen molar-refractivity contribution < 1.29 is 23.9 Å². The number of rotatable bonds is 9. The molecule has 4 aromatic rings. The first-order chi connectivity index (χ1) is 23.4. The zero-order chi connectivity index (χ0) is 34.7. The molecule has 3 amide bonds. The number of fused-ring (bicyclic) bond motifs is 3. The summed E-state index contributed by atoms with van der Waals surface area (Å²) >= 11 is 6.41. The van der Waals surface area contributed by atoms with E-state index in [1.54, 1.807) is 27.0 Å². The fourth-order valence-electron chi connectivity index (χ4n) is 5.92. The summed E-state index contributed by atoms with van der Waals surface area (Å²) in [5.41, 5.74) is 0.0978. The average Bonchev–Trinajstić information content (AvgIpc) is 3.40. The molecule has 2 saturated heterocycles.